The smallest absolute Gasteiger partial charge is 0.327 e. The van der Waals surface area contributed by atoms with Crippen LogP contribution in [0.4, 0.5) is 0 Å². The van der Waals surface area contributed by atoms with Gasteiger partial charge in [0.25, 0.3) is 0 Å². The van der Waals surface area contributed by atoms with Gasteiger partial charge in [-0.25, -0.2) is 4.79 Å². The minimum Gasteiger partial charge on any atom is -0.468 e. The highest BCUT2D eigenvalue weighted by molar-refractivity contribution is 5.78. The predicted octanol–water partition coefficient (Wildman–Crippen LogP) is 2.16. The standard InChI is InChI=1S/C15H19NO4/c1-18-15(17)14(16-11-4-2-3-5-11)10-6-7-12-13(8-10)20-9-19-12/h6-8,11,14,16H,2-5,9H2,1H3. The molecule has 0 radical (unpaired) electrons. The van der Waals surface area contributed by atoms with Crippen molar-refractivity contribution in [1.82, 2.24) is 5.32 Å². The molecular formula is C15H19NO4. The second kappa shape index (κ2) is 5.71. The van der Waals surface area contributed by atoms with E-state index < -0.39 is 6.04 Å². The SMILES string of the molecule is COC(=O)C(NC1CCCC1)c1ccc2c(c1)OCO2. The summed E-state index contributed by atoms with van der Waals surface area (Å²) >= 11 is 0. The monoisotopic (exact) mass is 277 g/mol. The van der Waals surface area contributed by atoms with Crippen LogP contribution in [-0.4, -0.2) is 25.9 Å². The Morgan fingerprint density at radius 2 is 2.05 bits per heavy atom. The molecular weight excluding hydrogens is 258 g/mol. The van der Waals surface area contributed by atoms with Crippen molar-refractivity contribution in [2.45, 2.75) is 37.8 Å². The number of hydrogen-bond donors (Lipinski definition) is 1. The lowest BCUT2D eigenvalue weighted by Crippen LogP contribution is -2.36. The van der Waals surface area contributed by atoms with Crippen LogP contribution in [0, 0.1) is 0 Å². The summed E-state index contributed by atoms with van der Waals surface area (Å²) in [5.41, 5.74) is 0.855. The third-order valence-electron chi connectivity index (χ3n) is 3.92. The highest BCUT2D eigenvalue weighted by Gasteiger charge is 2.27. The first kappa shape index (κ1) is 13.2. The van der Waals surface area contributed by atoms with E-state index in [1.54, 1.807) is 0 Å². The summed E-state index contributed by atoms with van der Waals surface area (Å²) in [6.45, 7) is 0.234. The largest absolute Gasteiger partial charge is 0.468 e. The molecule has 2 aliphatic rings. The number of methoxy groups -OCH3 is 1. The molecule has 0 amide bonds. The van der Waals surface area contributed by atoms with Gasteiger partial charge in [0.2, 0.25) is 6.79 Å². The third-order valence-corrected chi connectivity index (χ3v) is 3.92. The van der Waals surface area contributed by atoms with E-state index in [9.17, 15) is 4.79 Å². The van der Waals surface area contributed by atoms with Crippen molar-refractivity contribution >= 4 is 5.97 Å². The van der Waals surface area contributed by atoms with Gasteiger partial charge in [-0.05, 0) is 30.5 Å². The molecule has 1 aliphatic carbocycles. The average Bonchev–Trinajstić information content (AvgIpc) is 3.14. The number of nitrogens with one attached hydrogen (secondary N) is 1. The van der Waals surface area contributed by atoms with Crippen LogP contribution < -0.4 is 14.8 Å². The molecule has 1 atom stereocenters. The van der Waals surface area contributed by atoms with Crippen molar-refractivity contribution < 1.29 is 19.0 Å². The molecule has 5 heteroatoms. The fourth-order valence-corrected chi connectivity index (χ4v) is 2.84. The number of hydrogen-bond acceptors (Lipinski definition) is 5. The van der Waals surface area contributed by atoms with E-state index in [1.807, 2.05) is 18.2 Å². The number of benzene rings is 1. The molecule has 1 aliphatic heterocycles. The van der Waals surface area contributed by atoms with Gasteiger partial charge in [0.1, 0.15) is 6.04 Å². The minimum absolute atomic E-state index is 0.234. The van der Waals surface area contributed by atoms with E-state index in [-0.39, 0.29) is 12.8 Å². The van der Waals surface area contributed by atoms with Gasteiger partial charge in [0, 0.05) is 6.04 Å². The fourth-order valence-electron chi connectivity index (χ4n) is 2.84. The topological polar surface area (TPSA) is 56.8 Å². The highest BCUT2D eigenvalue weighted by Crippen LogP contribution is 2.35. The van der Waals surface area contributed by atoms with E-state index in [1.165, 1.54) is 20.0 Å². The van der Waals surface area contributed by atoms with Gasteiger partial charge in [-0.15, -0.1) is 0 Å². The summed E-state index contributed by atoms with van der Waals surface area (Å²) in [6.07, 6.45) is 4.65. The van der Waals surface area contributed by atoms with Crippen LogP contribution in [0.2, 0.25) is 0 Å². The van der Waals surface area contributed by atoms with Crippen LogP contribution in [0.15, 0.2) is 18.2 Å². The predicted molar refractivity (Wildman–Crippen MR) is 72.7 cm³/mol. The molecule has 0 spiro atoms. The molecule has 0 bridgehead atoms. The molecule has 0 aromatic heterocycles. The molecule has 1 unspecified atom stereocenters. The molecule has 1 aromatic rings. The Bertz CT molecular complexity index is 497. The Balaban J connectivity index is 1.82. The number of carbonyl (C=O) groups is 1. The maximum absolute atomic E-state index is 12.0. The Morgan fingerprint density at radius 1 is 1.30 bits per heavy atom. The molecule has 1 N–H and O–H groups in total. The van der Waals surface area contributed by atoms with Crippen LogP contribution >= 0.6 is 0 Å². The van der Waals surface area contributed by atoms with E-state index in [0.29, 0.717) is 11.8 Å². The first-order chi connectivity index (χ1) is 9.78. The Hall–Kier alpha value is -1.75. The molecule has 1 saturated carbocycles. The van der Waals surface area contributed by atoms with Gasteiger partial charge in [-0.1, -0.05) is 18.9 Å². The lowest BCUT2D eigenvalue weighted by molar-refractivity contribution is -0.143. The van der Waals surface area contributed by atoms with Crippen LogP contribution in [0.25, 0.3) is 0 Å². The van der Waals surface area contributed by atoms with E-state index in [4.69, 9.17) is 14.2 Å². The van der Waals surface area contributed by atoms with E-state index >= 15 is 0 Å². The van der Waals surface area contributed by atoms with Gasteiger partial charge in [0.05, 0.1) is 7.11 Å². The second-order valence-electron chi connectivity index (χ2n) is 5.22. The summed E-state index contributed by atoms with van der Waals surface area (Å²) in [5.74, 6) is 1.14. The average molecular weight is 277 g/mol. The second-order valence-corrected chi connectivity index (χ2v) is 5.22. The summed E-state index contributed by atoms with van der Waals surface area (Å²) in [4.78, 5) is 12.0. The normalized spacial score (nSPS) is 19.1. The molecule has 1 fully saturated rings. The first-order valence-electron chi connectivity index (χ1n) is 7.01. The quantitative estimate of drug-likeness (QED) is 0.855. The first-order valence-corrected chi connectivity index (χ1v) is 7.01. The summed E-state index contributed by atoms with van der Waals surface area (Å²) in [7, 11) is 1.42. The number of fused-ring (bicyclic) bond motifs is 1. The van der Waals surface area contributed by atoms with Crippen molar-refractivity contribution in [2.24, 2.45) is 0 Å². The zero-order valence-electron chi connectivity index (χ0n) is 11.6. The van der Waals surface area contributed by atoms with Gasteiger partial charge in [-0.3, -0.25) is 5.32 Å². The molecule has 108 valence electrons. The minimum atomic E-state index is -0.447. The molecule has 20 heavy (non-hydrogen) atoms. The van der Waals surface area contributed by atoms with E-state index in [0.717, 1.165) is 24.2 Å². The van der Waals surface area contributed by atoms with Crippen molar-refractivity contribution in [2.75, 3.05) is 13.9 Å². The zero-order valence-corrected chi connectivity index (χ0v) is 11.6. The lowest BCUT2D eigenvalue weighted by Gasteiger charge is -2.21. The maximum atomic E-state index is 12.0. The van der Waals surface area contributed by atoms with Crippen LogP contribution in [0.1, 0.15) is 37.3 Å². The Kier molecular flexibility index (Phi) is 3.78. The molecule has 1 aromatic carbocycles. The van der Waals surface area contributed by atoms with Gasteiger partial charge in [0.15, 0.2) is 11.5 Å². The summed E-state index contributed by atoms with van der Waals surface area (Å²) in [5, 5.41) is 3.40. The third kappa shape index (κ3) is 2.58. The van der Waals surface area contributed by atoms with Crippen molar-refractivity contribution in [3.05, 3.63) is 23.8 Å². The number of carbonyl (C=O) groups excluding carboxylic acids is 1. The van der Waals surface area contributed by atoms with Crippen molar-refractivity contribution in [3.8, 4) is 11.5 Å². The van der Waals surface area contributed by atoms with Crippen molar-refractivity contribution in [1.29, 1.82) is 0 Å². The maximum Gasteiger partial charge on any atom is 0.327 e. The van der Waals surface area contributed by atoms with Gasteiger partial charge in [-0.2, -0.15) is 0 Å². The number of ether oxygens (including phenoxy) is 3. The number of rotatable bonds is 4. The van der Waals surface area contributed by atoms with Gasteiger partial charge < -0.3 is 14.2 Å². The molecule has 3 rings (SSSR count). The fraction of sp³-hybridized carbons (Fsp3) is 0.533. The molecule has 0 saturated heterocycles. The highest BCUT2D eigenvalue weighted by atomic mass is 16.7. The Labute approximate surface area is 118 Å². The van der Waals surface area contributed by atoms with Crippen LogP contribution in [0.5, 0.6) is 11.5 Å². The Morgan fingerprint density at radius 3 is 2.80 bits per heavy atom. The van der Waals surface area contributed by atoms with Gasteiger partial charge >= 0.3 is 5.97 Å². The van der Waals surface area contributed by atoms with E-state index in [2.05, 4.69) is 5.32 Å². The molecule has 5 nitrogen and oxygen atoms in total. The molecule has 1 heterocycles. The van der Waals surface area contributed by atoms with Crippen molar-refractivity contribution in [3.63, 3.8) is 0 Å². The lowest BCUT2D eigenvalue weighted by atomic mass is 10.0. The zero-order chi connectivity index (χ0) is 13.9. The summed E-state index contributed by atoms with van der Waals surface area (Å²) < 4.78 is 15.6. The van der Waals surface area contributed by atoms with Crippen LogP contribution in [0.3, 0.4) is 0 Å². The van der Waals surface area contributed by atoms with Crippen LogP contribution in [-0.2, 0) is 9.53 Å². The number of esters is 1. The summed E-state index contributed by atoms with van der Waals surface area (Å²) in [6, 6.07) is 5.51.